The number of anilines is 1. The average Bonchev–Trinajstić information content (AvgIpc) is 2.35. The molecule has 0 saturated carbocycles. The summed E-state index contributed by atoms with van der Waals surface area (Å²) in [5.41, 5.74) is 0.247. The molecule has 0 fully saturated rings. The van der Waals surface area contributed by atoms with Crippen molar-refractivity contribution in [2.75, 3.05) is 18.5 Å². The summed E-state index contributed by atoms with van der Waals surface area (Å²) in [5, 5.41) is 10.4. The van der Waals surface area contributed by atoms with Gasteiger partial charge in [0.25, 0.3) is 0 Å². The van der Waals surface area contributed by atoms with Crippen molar-refractivity contribution >= 4 is 11.8 Å². The molecule has 1 amide bonds. The first kappa shape index (κ1) is 14.6. The number of hydrogen-bond acceptors (Lipinski definition) is 4. The summed E-state index contributed by atoms with van der Waals surface area (Å²) in [6, 6.07) is 7.49. The van der Waals surface area contributed by atoms with Crippen molar-refractivity contribution in [2.24, 2.45) is 0 Å². The van der Waals surface area contributed by atoms with Crippen LogP contribution in [0.1, 0.15) is 0 Å². The van der Waals surface area contributed by atoms with Gasteiger partial charge < -0.3 is 9.47 Å². The molecule has 0 heterocycles. The highest BCUT2D eigenvalue weighted by atomic mass is 19.4. The number of alkyl halides is 3. The summed E-state index contributed by atoms with van der Waals surface area (Å²) in [5.74, 6) is 0.399. The number of hydrogen-bond donors (Lipinski definition) is 1. The molecule has 0 radical (unpaired) electrons. The Balaban J connectivity index is 2.45. The Hall–Kier alpha value is -2.43. The van der Waals surface area contributed by atoms with E-state index in [4.69, 9.17) is 10.00 Å². The molecule has 102 valence electrons. The number of nitrogens with one attached hydrogen (secondary N) is 1. The number of nitrogens with zero attached hydrogens (tertiary/aromatic N) is 1. The first-order valence-corrected chi connectivity index (χ1v) is 5.01. The topological polar surface area (TPSA) is 71.3 Å². The Morgan fingerprint density at radius 2 is 1.95 bits per heavy atom. The molecule has 0 aliphatic rings. The Morgan fingerprint density at radius 3 is 2.47 bits per heavy atom. The van der Waals surface area contributed by atoms with Gasteiger partial charge in [0.05, 0.1) is 0 Å². The van der Waals surface area contributed by atoms with Gasteiger partial charge in [-0.05, 0) is 24.3 Å². The first-order chi connectivity index (χ1) is 8.90. The van der Waals surface area contributed by atoms with Crippen LogP contribution in [0.15, 0.2) is 24.3 Å². The smallest absolute Gasteiger partial charge is 0.422 e. The summed E-state index contributed by atoms with van der Waals surface area (Å²) in [4.78, 5) is 11.0. The first-order valence-electron chi connectivity index (χ1n) is 5.01. The second-order valence-corrected chi connectivity index (χ2v) is 3.29. The summed E-state index contributed by atoms with van der Waals surface area (Å²) in [6.45, 7) is -1.78. The molecule has 1 aromatic carbocycles. The van der Waals surface area contributed by atoms with Crippen molar-refractivity contribution in [1.82, 2.24) is 0 Å². The second-order valence-electron chi connectivity index (χ2n) is 3.29. The van der Waals surface area contributed by atoms with Gasteiger partial charge in [-0.2, -0.15) is 18.4 Å². The SMILES string of the molecule is N#CCOc1ccc(NC(=O)OCC(F)(F)F)cc1. The molecule has 0 atom stereocenters. The largest absolute Gasteiger partial charge is 0.479 e. The lowest BCUT2D eigenvalue weighted by Gasteiger charge is -2.09. The van der Waals surface area contributed by atoms with Crippen molar-refractivity contribution in [1.29, 1.82) is 5.26 Å². The van der Waals surface area contributed by atoms with Gasteiger partial charge in [-0.1, -0.05) is 0 Å². The number of ether oxygens (including phenoxy) is 2. The summed E-state index contributed by atoms with van der Waals surface area (Å²) < 4.78 is 44.2. The van der Waals surface area contributed by atoms with Crippen LogP contribution in [0, 0.1) is 11.3 Å². The van der Waals surface area contributed by atoms with E-state index >= 15 is 0 Å². The Labute approximate surface area is 106 Å². The van der Waals surface area contributed by atoms with E-state index in [9.17, 15) is 18.0 Å². The van der Waals surface area contributed by atoms with E-state index in [0.717, 1.165) is 0 Å². The van der Waals surface area contributed by atoms with Crippen LogP contribution in [0.5, 0.6) is 5.75 Å². The van der Waals surface area contributed by atoms with E-state index in [-0.39, 0.29) is 12.3 Å². The molecule has 1 rings (SSSR count). The minimum absolute atomic E-state index is 0.125. The maximum atomic E-state index is 11.8. The molecule has 19 heavy (non-hydrogen) atoms. The third kappa shape index (κ3) is 6.16. The van der Waals surface area contributed by atoms with Gasteiger partial charge in [0.15, 0.2) is 13.2 Å². The Kier molecular flexibility index (Phi) is 5.00. The molecule has 1 N–H and O–H groups in total. The summed E-state index contributed by atoms with van der Waals surface area (Å²) >= 11 is 0. The molecule has 0 aromatic heterocycles. The van der Waals surface area contributed by atoms with Crippen LogP contribution in [0.25, 0.3) is 0 Å². The van der Waals surface area contributed by atoms with Gasteiger partial charge in [-0.15, -0.1) is 0 Å². The normalized spacial score (nSPS) is 10.4. The molecule has 0 aliphatic carbocycles. The summed E-state index contributed by atoms with van der Waals surface area (Å²) in [7, 11) is 0. The van der Waals surface area contributed by atoms with Gasteiger partial charge >= 0.3 is 12.3 Å². The minimum Gasteiger partial charge on any atom is -0.479 e. The number of halogens is 3. The Bertz CT molecular complexity index is 466. The lowest BCUT2D eigenvalue weighted by molar-refractivity contribution is -0.159. The van der Waals surface area contributed by atoms with Crippen molar-refractivity contribution in [2.45, 2.75) is 6.18 Å². The average molecular weight is 274 g/mol. The zero-order valence-electron chi connectivity index (χ0n) is 9.53. The number of nitriles is 1. The fraction of sp³-hybridized carbons (Fsp3) is 0.273. The fourth-order valence-electron chi connectivity index (χ4n) is 1.05. The zero-order valence-corrected chi connectivity index (χ0v) is 9.53. The number of carbonyl (C=O) groups is 1. The second kappa shape index (κ2) is 6.49. The molecule has 0 unspecified atom stereocenters. The lowest BCUT2D eigenvalue weighted by atomic mass is 10.3. The van der Waals surface area contributed by atoms with Crippen LogP contribution >= 0.6 is 0 Å². The minimum atomic E-state index is -4.56. The predicted molar refractivity (Wildman–Crippen MR) is 58.6 cm³/mol. The standard InChI is InChI=1S/C11H9F3N2O3/c12-11(13,14)7-19-10(17)16-8-1-3-9(4-2-8)18-6-5-15/h1-4H,6-7H2,(H,16,17). The molecule has 8 heteroatoms. The fourth-order valence-corrected chi connectivity index (χ4v) is 1.05. The van der Waals surface area contributed by atoms with Gasteiger partial charge in [0, 0.05) is 5.69 Å². The highest BCUT2D eigenvalue weighted by Gasteiger charge is 2.29. The van der Waals surface area contributed by atoms with Crippen LogP contribution in [0.3, 0.4) is 0 Å². The quantitative estimate of drug-likeness (QED) is 0.916. The molecular formula is C11H9F3N2O3. The molecule has 0 spiro atoms. The lowest BCUT2D eigenvalue weighted by Crippen LogP contribution is -2.23. The van der Waals surface area contributed by atoms with E-state index in [1.54, 1.807) is 6.07 Å². The monoisotopic (exact) mass is 274 g/mol. The van der Waals surface area contributed by atoms with E-state index in [0.29, 0.717) is 5.75 Å². The molecule has 1 aromatic rings. The zero-order chi connectivity index (χ0) is 14.3. The van der Waals surface area contributed by atoms with Crippen LogP contribution < -0.4 is 10.1 Å². The van der Waals surface area contributed by atoms with Crippen molar-refractivity contribution in [3.8, 4) is 11.8 Å². The van der Waals surface area contributed by atoms with Crippen molar-refractivity contribution < 1.29 is 27.4 Å². The molecular weight excluding hydrogens is 265 g/mol. The van der Waals surface area contributed by atoms with Gasteiger partial charge in [0.2, 0.25) is 0 Å². The predicted octanol–water partition coefficient (Wildman–Crippen LogP) is 2.70. The third-order valence-corrected chi connectivity index (χ3v) is 1.77. The van der Waals surface area contributed by atoms with Crippen LogP contribution in [0.4, 0.5) is 23.7 Å². The van der Waals surface area contributed by atoms with Gasteiger partial charge in [0.1, 0.15) is 11.8 Å². The Morgan fingerprint density at radius 1 is 1.32 bits per heavy atom. The van der Waals surface area contributed by atoms with Crippen LogP contribution in [0.2, 0.25) is 0 Å². The van der Waals surface area contributed by atoms with Crippen molar-refractivity contribution in [3.63, 3.8) is 0 Å². The van der Waals surface area contributed by atoms with Crippen LogP contribution in [-0.2, 0) is 4.74 Å². The number of rotatable bonds is 4. The highest BCUT2D eigenvalue weighted by molar-refractivity contribution is 5.84. The maximum Gasteiger partial charge on any atom is 0.422 e. The van der Waals surface area contributed by atoms with Gasteiger partial charge in [-0.25, -0.2) is 4.79 Å². The molecule has 5 nitrogen and oxygen atoms in total. The van der Waals surface area contributed by atoms with E-state index < -0.39 is 18.9 Å². The molecule has 0 saturated heterocycles. The highest BCUT2D eigenvalue weighted by Crippen LogP contribution is 2.17. The van der Waals surface area contributed by atoms with Gasteiger partial charge in [-0.3, -0.25) is 5.32 Å². The summed E-state index contributed by atoms with van der Waals surface area (Å²) in [6.07, 6.45) is -5.77. The van der Waals surface area contributed by atoms with E-state index in [1.165, 1.54) is 24.3 Å². The maximum absolute atomic E-state index is 11.8. The van der Waals surface area contributed by atoms with E-state index in [2.05, 4.69) is 10.1 Å². The molecule has 0 bridgehead atoms. The number of carbonyl (C=O) groups excluding carboxylic acids is 1. The number of amides is 1. The number of benzene rings is 1. The molecule has 0 aliphatic heterocycles. The van der Waals surface area contributed by atoms with Crippen molar-refractivity contribution in [3.05, 3.63) is 24.3 Å². The van der Waals surface area contributed by atoms with E-state index in [1.807, 2.05) is 0 Å². The van der Waals surface area contributed by atoms with Crippen LogP contribution in [-0.4, -0.2) is 25.5 Å². The third-order valence-electron chi connectivity index (χ3n) is 1.77.